The average molecular weight is 328 g/mol. The van der Waals surface area contributed by atoms with E-state index in [-0.39, 0.29) is 0 Å². The highest BCUT2D eigenvalue weighted by molar-refractivity contribution is 5.79. The molecular weight excluding hydrogens is 300 g/mol. The largest absolute Gasteiger partial charge is 0.339 e. The molecule has 2 heterocycles. The summed E-state index contributed by atoms with van der Waals surface area (Å²) in [7, 11) is 0. The van der Waals surface area contributed by atoms with Crippen molar-refractivity contribution >= 4 is 11.9 Å². The maximum atomic E-state index is 13.1. The van der Waals surface area contributed by atoms with E-state index in [0.717, 1.165) is 44.5 Å². The number of fused-ring (bicyclic) bond motifs is 1. The average Bonchev–Trinajstić information content (AvgIpc) is 2.68. The van der Waals surface area contributed by atoms with Crippen molar-refractivity contribution < 1.29 is 4.79 Å². The van der Waals surface area contributed by atoms with Gasteiger partial charge in [0.2, 0.25) is 11.9 Å². The van der Waals surface area contributed by atoms with E-state index >= 15 is 0 Å². The Kier molecular flexibility index (Phi) is 4.67. The lowest BCUT2D eigenvalue weighted by Gasteiger charge is -2.43. The van der Waals surface area contributed by atoms with Gasteiger partial charge in [-0.25, -0.2) is 9.97 Å². The lowest BCUT2D eigenvalue weighted by molar-refractivity contribution is -0.140. The molecule has 0 radical (unpaired) electrons. The molecule has 24 heavy (non-hydrogen) atoms. The first-order chi connectivity index (χ1) is 11.8. The standard InChI is InChI=1S/C19H28N4O/c24-18(17-8-3-6-15-5-1-2-7-16(15)17)22-11-13-23(14-12-22)19-20-9-4-10-21-19/h4,9-10,15-17H,1-3,5-8,11-14H2/t15-,16+,17-/m1/s1. The van der Waals surface area contributed by atoms with Gasteiger partial charge in [-0.05, 0) is 30.7 Å². The third-order valence-corrected chi connectivity index (χ3v) is 6.32. The van der Waals surface area contributed by atoms with Crippen LogP contribution in [0.25, 0.3) is 0 Å². The smallest absolute Gasteiger partial charge is 0.226 e. The second-order valence-corrected chi connectivity index (χ2v) is 7.61. The van der Waals surface area contributed by atoms with Crippen LogP contribution in [0.3, 0.4) is 0 Å². The fraction of sp³-hybridized carbons (Fsp3) is 0.737. The van der Waals surface area contributed by atoms with Gasteiger partial charge < -0.3 is 9.80 Å². The number of anilines is 1. The predicted molar refractivity (Wildman–Crippen MR) is 93.6 cm³/mol. The Labute approximate surface area is 144 Å². The Morgan fingerprint density at radius 3 is 2.42 bits per heavy atom. The van der Waals surface area contributed by atoms with Crippen molar-refractivity contribution in [3.63, 3.8) is 0 Å². The number of carbonyl (C=O) groups excluding carboxylic acids is 1. The summed E-state index contributed by atoms with van der Waals surface area (Å²) in [5.74, 6) is 2.99. The molecule has 1 amide bonds. The number of hydrogen-bond acceptors (Lipinski definition) is 4. The van der Waals surface area contributed by atoms with Crippen molar-refractivity contribution in [1.29, 1.82) is 0 Å². The third kappa shape index (κ3) is 3.13. The van der Waals surface area contributed by atoms with Gasteiger partial charge in [-0.3, -0.25) is 4.79 Å². The highest BCUT2D eigenvalue weighted by Crippen LogP contribution is 2.44. The Balaban J connectivity index is 1.37. The van der Waals surface area contributed by atoms with Gasteiger partial charge in [-0.15, -0.1) is 0 Å². The van der Waals surface area contributed by atoms with Crippen LogP contribution in [-0.4, -0.2) is 47.0 Å². The zero-order valence-corrected chi connectivity index (χ0v) is 14.4. The molecule has 1 aliphatic heterocycles. The van der Waals surface area contributed by atoms with Gasteiger partial charge in [-0.2, -0.15) is 0 Å². The van der Waals surface area contributed by atoms with Crippen LogP contribution in [0, 0.1) is 17.8 Å². The summed E-state index contributed by atoms with van der Waals surface area (Å²) in [5, 5.41) is 0. The molecule has 5 heteroatoms. The Morgan fingerprint density at radius 1 is 0.917 bits per heavy atom. The van der Waals surface area contributed by atoms with Crippen LogP contribution in [0.15, 0.2) is 18.5 Å². The first-order valence-corrected chi connectivity index (χ1v) is 9.63. The number of hydrogen-bond donors (Lipinski definition) is 0. The van der Waals surface area contributed by atoms with Crippen LogP contribution in [0.5, 0.6) is 0 Å². The van der Waals surface area contributed by atoms with Gasteiger partial charge in [0.15, 0.2) is 0 Å². The lowest BCUT2D eigenvalue weighted by Crippen LogP contribution is -2.52. The van der Waals surface area contributed by atoms with Crippen molar-refractivity contribution in [3.05, 3.63) is 18.5 Å². The van der Waals surface area contributed by atoms with Crippen LogP contribution in [0.4, 0.5) is 5.95 Å². The molecule has 2 aliphatic carbocycles. The van der Waals surface area contributed by atoms with Crippen LogP contribution in [-0.2, 0) is 4.79 Å². The SMILES string of the molecule is O=C([C@@H]1CCC[C@H]2CCCC[C@@H]21)N1CCN(c2ncccn2)CC1. The van der Waals surface area contributed by atoms with E-state index in [1.54, 1.807) is 12.4 Å². The number of nitrogens with zero attached hydrogens (tertiary/aromatic N) is 4. The molecule has 0 spiro atoms. The van der Waals surface area contributed by atoms with Gasteiger partial charge in [0, 0.05) is 44.5 Å². The van der Waals surface area contributed by atoms with Crippen LogP contribution in [0.1, 0.15) is 44.9 Å². The van der Waals surface area contributed by atoms with Gasteiger partial charge in [0.05, 0.1) is 0 Å². The normalized spacial score (nSPS) is 30.8. The second-order valence-electron chi connectivity index (χ2n) is 7.61. The summed E-state index contributed by atoms with van der Waals surface area (Å²) in [6, 6.07) is 1.84. The Bertz CT molecular complexity index is 554. The highest BCUT2D eigenvalue weighted by atomic mass is 16.2. The Hall–Kier alpha value is -1.65. The zero-order chi connectivity index (χ0) is 16.4. The van der Waals surface area contributed by atoms with Crippen molar-refractivity contribution in [1.82, 2.24) is 14.9 Å². The summed E-state index contributed by atoms with van der Waals surface area (Å²) in [4.78, 5) is 26.1. The quantitative estimate of drug-likeness (QED) is 0.837. The molecule has 0 unspecified atom stereocenters. The Morgan fingerprint density at radius 2 is 1.62 bits per heavy atom. The van der Waals surface area contributed by atoms with Gasteiger partial charge in [0.25, 0.3) is 0 Å². The molecule has 1 saturated heterocycles. The highest BCUT2D eigenvalue weighted by Gasteiger charge is 2.40. The van der Waals surface area contributed by atoms with Crippen molar-refractivity contribution in [3.8, 4) is 0 Å². The molecule has 1 aromatic rings. The van der Waals surface area contributed by atoms with Gasteiger partial charge in [-0.1, -0.05) is 32.1 Å². The molecule has 3 fully saturated rings. The predicted octanol–water partition coefficient (Wildman–Crippen LogP) is 2.73. The van der Waals surface area contributed by atoms with Gasteiger partial charge in [0.1, 0.15) is 0 Å². The molecule has 1 aromatic heterocycles. The summed E-state index contributed by atoms with van der Waals surface area (Å²) >= 11 is 0. The van der Waals surface area contributed by atoms with Crippen LogP contribution < -0.4 is 4.90 Å². The fourth-order valence-electron chi connectivity index (χ4n) is 5.06. The van der Waals surface area contributed by atoms with E-state index in [1.807, 2.05) is 6.07 Å². The van der Waals surface area contributed by atoms with E-state index in [0.29, 0.717) is 17.7 Å². The van der Waals surface area contributed by atoms with Crippen LogP contribution >= 0.6 is 0 Å². The van der Waals surface area contributed by atoms with E-state index in [9.17, 15) is 4.79 Å². The van der Waals surface area contributed by atoms with E-state index in [2.05, 4.69) is 19.8 Å². The third-order valence-electron chi connectivity index (χ3n) is 6.32. The molecule has 2 saturated carbocycles. The van der Waals surface area contributed by atoms with Crippen molar-refractivity contribution in [2.45, 2.75) is 44.9 Å². The van der Waals surface area contributed by atoms with E-state index in [1.165, 1.54) is 38.5 Å². The molecule has 5 nitrogen and oxygen atoms in total. The minimum atomic E-state index is 0.295. The topological polar surface area (TPSA) is 49.3 Å². The first kappa shape index (κ1) is 15.9. The van der Waals surface area contributed by atoms with Crippen molar-refractivity contribution in [2.24, 2.45) is 17.8 Å². The van der Waals surface area contributed by atoms with Gasteiger partial charge >= 0.3 is 0 Å². The summed E-state index contributed by atoms with van der Waals surface area (Å²) in [6.45, 7) is 3.31. The zero-order valence-electron chi connectivity index (χ0n) is 14.4. The molecule has 0 aromatic carbocycles. The molecule has 3 aliphatic rings. The number of rotatable bonds is 2. The number of carbonyl (C=O) groups is 1. The number of amides is 1. The molecule has 0 N–H and O–H groups in total. The minimum absolute atomic E-state index is 0.295. The van der Waals surface area contributed by atoms with E-state index < -0.39 is 0 Å². The van der Waals surface area contributed by atoms with E-state index in [4.69, 9.17) is 0 Å². The van der Waals surface area contributed by atoms with Crippen LogP contribution in [0.2, 0.25) is 0 Å². The molecule has 0 bridgehead atoms. The fourth-order valence-corrected chi connectivity index (χ4v) is 5.06. The maximum Gasteiger partial charge on any atom is 0.226 e. The maximum absolute atomic E-state index is 13.1. The number of piperazine rings is 1. The summed E-state index contributed by atoms with van der Waals surface area (Å²) < 4.78 is 0. The second kappa shape index (κ2) is 7.08. The monoisotopic (exact) mass is 328 g/mol. The lowest BCUT2D eigenvalue weighted by atomic mass is 9.65. The van der Waals surface area contributed by atoms with Crippen molar-refractivity contribution in [2.75, 3.05) is 31.1 Å². The molecule has 4 rings (SSSR count). The summed E-state index contributed by atoms with van der Waals surface area (Å²) in [6.07, 6.45) is 12.6. The minimum Gasteiger partial charge on any atom is -0.339 e. The first-order valence-electron chi connectivity index (χ1n) is 9.63. The summed E-state index contributed by atoms with van der Waals surface area (Å²) in [5.41, 5.74) is 0. The molecule has 3 atom stereocenters. The molecule has 130 valence electrons. The number of aromatic nitrogens is 2. The molecular formula is C19H28N4O.